The Morgan fingerprint density at radius 2 is 1.67 bits per heavy atom. The van der Waals surface area contributed by atoms with E-state index >= 15 is 0 Å². The second kappa shape index (κ2) is 8.73. The molecule has 2 aromatic carbocycles. The molecular formula is C23H23N3O4. The largest absolute Gasteiger partial charge is 0.462 e. The van der Waals surface area contributed by atoms with Crippen molar-refractivity contribution in [2.45, 2.75) is 26.3 Å². The van der Waals surface area contributed by atoms with E-state index in [1.54, 1.807) is 51.1 Å². The molecule has 0 spiro atoms. The maximum Gasteiger partial charge on any atom is 0.338 e. The average molecular weight is 405 g/mol. The summed E-state index contributed by atoms with van der Waals surface area (Å²) in [4.78, 5) is 37.2. The minimum atomic E-state index is -1.25. The molecule has 154 valence electrons. The van der Waals surface area contributed by atoms with Crippen molar-refractivity contribution in [1.29, 1.82) is 0 Å². The molecule has 1 heterocycles. The minimum absolute atomic E-state index is 0.287. The third kappa shape index (κ3) is 4.46. The number of benzene rings is 2. The lowest BCUT2D eigenvalue weighted by atomic mass is 10.0. The SMILES string of the molecule is CCOC(=O)c1ccc(NC(=O)C(C)(C)n2nc(-c3ccccc3)ccc2=O)cc1. The number of nitrogens with zero attached hydrogens (tertiary/aromatic N) is 2. The number of esters is 1. The Hall–Kier alpha value is -3.74. The van der Waals surface area contributed by atoms with Gasteiger partial charge in [0.15, 0.2) is 0 Å². The number of aromatic nitrogens is 2. The molecule has 7 nitrogen and oxygen atoms in total. The van der Waals surface area contributed by atoms with Gasteiger partial charge in [-0.3, -0.25) is 9.59 Å². The lowest BCUT2D eigenvalue weighted by Crippen LogP contribution is -2.47. The van der Waals surface area contributed by atoms with Gasteiger partial charge in [0.05, 0.1) is 17.9 Å². The van der Waals surface area contributed by atoms with Gasteiger partial charge in [0, 0.05) is 17.3 Å². The molecule has 0 atom stereocenters. The summed E-state index contributed by atoms with van der Waals surface area (Å²) in [5.74, 6) is -0.838. The zero-order valence-corrected chi connectivity index (χ0v) is 17.1. The molecule has 0 saturated carbocycles. The van der Waals surface area contributed by atoms with Crippen molar-refractivity contribution in [1.82, 2.24) is 9.78 Å². The Morgan fingerprint density at radius 3 is 2.30 bits per heavy atom. The van der Waals surface area contributed by atoms with Gasteiger partial charge in [-0.15, -0.1) is 0 Å². The summed E-state index contributed by atoms with van der Waals surface area (Å²) in [7, 11) is 0. The zero-order chi connectivity index (χ0) is 21.7. The minimum Gasteiger partial charge on any atom is -0.462 e. The van der Waals surface area contributed by atoms with Crippen molar-refractivity contribution >= 4 is 17.6 Å². The summed E-state index contributed by atoms with van der Waals surface area (Å²) in [6, 6.07) is 18.8. The molecule has 1 amide bonds. The molecule has 0 radical (unpaired) electrons. The molecule has 3 rings (SSSR count). The smallest absolute Gasteiger partial charge is 0.338 e. The van der Waals surface area contributed by atoms with E-state index in [1.165, 1.54) is 10.7 Å². The summed E-state index contributed by atoms with van der Waals surface area (Å²) in [6.45, 7) is 5.27. The number of nitrogens with one attached hydrogen (secondary N) is 1. The highest BCUT2D eigenvalue weighted by Gasteiger charge is 2.32. The molecule has 0 aliphatic rings. The van der Waals surface area contributed by atoms with Crippen molar-refractivity contribution in [3.05, 3.63) is 82.6 Å². The van der Waals surface area contributed by atoms with Crippen LogP contribution < -0.4 is 10.9 Å². The molecule has 0 saturated heterocycles. The standard InChI is InChI=1S/C23H23N3O4/c1-4-30-21(28)17-10-12-18(13-11-17)24-22(29)23(2,3)26-20(27)15-14-19(25-26)16-8-6-5-7-9-16/h5-15H,4H2,1-3H3,(H,24,29). The van der Waals surface area contributed by atoms with Gasteiger partial charge in [-0.1, -0.05) is 30.3 Å². The highest BCUT2D eigenvalue weighted by atomic mass is 16.5. The highest BCUT2D eigenvalue weighted by Crippen LogP contribution is 2.20. The molecule has 0 aliphatic heterocycles. The Bertz CT molecular complexity index is 1100. The van der Waals surface area contributed by atoms with Crippen LogP contribution in [0.5, 0.6) is 0 Å². The lowest BCUT2D eigenvalue weighted by Gasteiger charge is -2.25. The van der Waals surface area contributed by atoms with Gasteiger partial charge in [-0.2, -0.15) is 5.10 Å². The highest BCUT2D eigenvalue weighted by molar-refractivity contribution is 5.97. The molecule has 0 fully saturated rings. The quantitative estimate of drug-likeness (QED) is 0.634. The first-order valence-electron chi connectivity index (χ1n) is 9.58. The number of anilines is 1. The van der Waals surface area contributed by atoms with Crippen LogP contribution in [0.3, 0.4) is 0 Å². The second-order valence-corrected chi connectivity index (χ2v) is 7.15. The molecule has 3 aromatic rings. The summed E-state index contributed by atoms with van der Waals surface area (Å²) < 4.78 is 6.13. The maximum atomic E-state index is 13.0. The summed E-state index contributed by atoms with van der Waals surface area (Å²) in [6.07, 6.45) is 0. The molecule has 1 aromatic heterocycles. The number of hydrogen-bond acceptors (Lipinski definition) is 5. The summed E-state index contributed by atoms with van der Waals surface area (Å²) in [5, 5.41) is 7.19. The number of carbonyl (C=O) groups excluding carboxylic acids is 2. The fourth-order valence-corrected chi connectivity index (χ4v) is 2.86. The zero-order valence-electron chi connectivity index (χ0n) is 17.1. The molecule has 0 bridgehead atoms. The van der Waals surface area contributed by atoms with Crippen LogP contribution in [0, 0.1) is 0 Å². The Morgan fingerprint density at radius 1 is 1.00 bits per heavy atom. The van der Waals surface area contributed by atoms with Crippen LogP contribution in [-0.2, 0) is 15.1 Å². The lowest BCUT2D eigenvalue weighted by molar-refractivity contribution is -0.123. The van der Waals surface area contributed by atoms with E-state index in [4.69, 9.17) is 4.74 Å². The van der Waals surface area contributed by atoms with Crippen molar-refractivity contribution in [3.63, 3.8) is 0 Å². The van der Waals surface area contributed by atoms with Crippen LogP contribution in [-0.4, -0.2) is 28.3 Å². The van der Waals surface area contributed by atoms with Crippen molar-refractivity contribution < 1.29 is 14.3 Å². The van der Waals surface area contributed by atoms with E-state index in [0.29, 0.717) is 16.9 Å². The van der Waals surface area contributed by atoms with Crippen molar-refractivity contribution in [2.24, 2.45) is 0 Å². The monoisotopic (exact) mass is 405 g/mol. The van der Waals surface area contributed by atoms with E-state index in [9.17, 15) is 14.4 Å². The van der Waals surface area contributed by atoms with Gasteiger partial charge < -0.3 is 10.1 Å². The third-order valence-electron chi connectivity index (χ3n) is 4.61. The molecule has 1 N–H and O–H groups in total. The summed E-state index contributed by atoms with van der Waals surface area (Å²) >= 11 is 0. The molecule has 30 heavy (non-hydrogen) atoms. The maximum absolute atomic E-state index is 13.0. The molecule has 0 unspecified atom stereocenters. The molecule has 0 aliphatic carbocycles. The van der Waals surface area contributed by atoms with Gasteiger partial charge >= 0.3 is 5.97 Å². The summed E-state index contributed by atoms with van der Waals surface area (Å²) in [5.41, 5.74) is 0.692. The van der Waals surface area contributed by atoms with E-state index in [2.05, 4.69) is 10.4 Å². The van der Waals surface area contributed by atoms with Gasteiger partial charge in [-0.25, -0.2) is 9.48 Å². The van der Waals surface area contributed by atoms with E-state index in [1.807, 2.05) is 30.3 Å². The Balaban J connectivity index is 1.84. The van der Waals surface area contributed by atoms with E-state index in [-0.39, 0.29) is 12.2 Å². The predicted octanol–water partition coefficient (Wildman–Crippen LogP) is 3.46. The number of ether oxygens (including phenoxy) is 1. The topological polar surface area (TPSA) is 90.3 Å². The van der Waals surface area contributed by atoms with Gasteiger partial charge in [0.25, 0.3) is 11.5 Å². The van der Waals surface area contributed by atoms with Crippen LogP contribution in [0.25, 0.3) is 11.3 Å². The van der Waals surface area contributed by atoms with Crippen LogP contribution in [0.4, 0.5) is 5.69 Å². The number of hydrogen-bond donors (Lipinski definition) is 1. The third-order valence-corrected chi connectivity index (χ3v) is 4.61. The normalized spacial score (nSPS) is 11.0. The van der Waals surface area contributed by atoms with Crippen molar-refractivity contribution in [2.75, 3.05) is 11.9 Å². The van der Waals surface area contributed by atoms with Crippen molar-refractivity contribution in [3.8, 4) is 11.3 Å². The molecular weight excluding hydrogens is 382 g/mol. The number of amides is 1. The number of rotatable bonds is 6. The van der Waals surface area contributed by atoms with Gasteiger partial charge in [-0.05, 0) is 51.1 Å². The second-order valence-electron chi connectivity index (χ2n) is 7.15. The fourth-order valence-electron chi connectivity index (χ4n) is 2.86. The van der Waals surface area contributed by atoms with Crippen LogP contribution in [0.15, 0.2) is 71.5 Å². The van der Waals surface area contributed by atoms with E-state index in [0.717, 1.165) is 5.56 Å². The first-order chi connectivity index (χ1) is 14.3. The first-order valence-corrected chi connectivity index (χ1v) is 9.58. The van der Waals surface area contributed by atoms with E-state index < -0.39 is 17.4 Å². The van der Waals surface area contributed by atoms with Crippen LogP contribution >= 0.6 is 0 Å². The predicted molar refractivity (Wildman–Crippen MR) is 114 cm³/mol. The first kappa shape index (κ1) is 21.0. The fraction of sp³-hybridized carbons (Fsp3) is 0.217. The Labute approximate surface area is 174 Å². The average Bonchev–Trinajstić information content (AvgIpc) is 2.75. The van der Waals surface area contributed by atoms with Crippen LogP contribution in [0.1, 0.15) is 31.1 Å². The number of carbonyl (C=O) groups is 2. The van der Waals surface area contributed by atoms with Gasteiger partial charge in [0.1, 0.15) is 5.54 Å². The Kier molecular flexibility index (Phi) is 6.11. The molecule has 7 heteroatoms. The van der Waals surface area contributed by atoms with Gasteiger partial charge in [0.2, 0.25) is 0 Å². The van der Waals surface area contributed by atoms with Crippen LogP contribution in [0.2, 0.25) is 0 Å².